The molecule has 0 aromatic heterocycles. The molecule has 0 saturated carbocycles. The average Bonchev–Trinajstić information content (AvgIpc) is 3.42. The quantitative estimate of drug-likeness (QED) is 0.700. The summed E-state index contributed by atoms with van der Waals surface area (Å²) >= 11 is 0. The van der Waals surface area contributed by atoms with Gasteiger partial charge in [-0.2, -0.15) is 0 Å². The molecule has 0 unspecified atom stereocenters. The Labute approximate surface area is 175 Å². The number of piperazine rings is 1. The molecule has 8 heteroatoms. The summed E-state index contributed by atoms with van der Waals surface area (Å²) in [7, 11) is 0. The minimum absolute atomic E-state index is 0.0587. The van der Waals surface area contributed by atoms with Crippen molar-refractivity contribution in [2.45, 2.75) is 18.6 Å². The summed E-state index contributed by atoms with van der Waals surface area (Å²) in [5.74, 6) is -1.16. The van der Waals surface area contributed by atoms with Crippen molar-refractivity contribution >= 4 is 23.6 Å². The summed E-state index contributed by atoms with van der Waals surface area (Å²) in [5.41, 5.74) is 0.0889. The van der Waals surface area contributed by atoms with Crippen LogP contribution in [0.15, 0.2) is 42.5 Å². The molecule has 0 N–H and O–H groups in total. The maximum absolute atomic E-state index is 13.4. The number of carbonyl (C=O) groups excluding carboxylic acids is 3. The number of rotatable bonds is 3. The summed E-state index contributed by atoms with van der Waals surface area (Å²) in [6.45, 7) is 4.25. The van der Waals surface area contributed by atoms with Crippen molar-refractivity contribution < 1.29 is 23.9 Å². The van der Waals surface area contributed by atoms with E-state index in [2.05, 4.69) is 0 Å². The van der Waals surface area contributed by atoms with Crippen LogP contribution in [-0.2, 0) is 19.1 Å². The molecule has 1 aromatic carbocycles. The van der Waals surface area contributed by atoms with Gasteiger partial charge in [-0.15, -0.1) is 0 Å². The van der Waals surface area contributed by atoms with Crippen LogP contribution in [0.2, 0.25) is 0 Å². The molecule has 4 aliphatic rings. The summed E-state index contributed by atoms with van der Waals surface area (Å²) in [6, 6.07) is 9.50. The van der Waals surface area contributed by atoms with Gasteiger partial charge in [-0.1, -0.05) is 30.4 Å². The Morgan fingerprint density at radius 1 is 1.13 bits per heavy atom. The molecule has 158 valence electrons. The third-order valence-electron chi connectivity index (χ3n) is 6.57. The zero-order valence-electron chi connectivity index (χ0n) is 16.9. The van der Waals surface area contributed by atoms with Gasteiger partial charge in [0, 0.05) is 31.9 Å². The largest absolute Gasteiger partial charge is 0.450 e. The van der Waals surface area contributed by atoms with Gasteiger partial charge in [-0.3, -0.25) is 9.59 Å². The van der Waals surface area contributed by atoms with Crippen molar-refractivity contribution in [2.75, 3.05) is 44.2 Å². The Morgan fingerprint density at radius 3 is 2.53 bits per heavy atom. The molecule has 3 amide bonds. The monoisotopic (exact) mass is 411 g/mol. The molecular formula is C22H25N3O5. The minimum Gasteiger partial charge on any atom is -0.450 e. The van der Waals surface area contributed by atoms with Crippen molar-refractivity contribution in [3.05, 3.63) is 42.5 Å². The molecular weight excluding hydrogens is 386 g/mol. The number of fused-ring (bicyclic) bond motifs is 1. The molecule has 4 heterocycles. The van der Waals surface area contributed by atoms with Crippen molar-refractivity contribution in [1.82, 2.24) is 9.80 Å². The van der Waals surface area contributed by atoms with E-state index in [1.54, 1.807) is 21.6 Å². The molecule has 30 heavy (non-hydrogen) atoms. The lowest BCUT2D eigenvalue weighted by atomic mass is 9.76. The van der Waals surface area contributed by atoms with Crippen LogP contribution in [0, 0.1) is 11.8 Å². The fourth-order valence-corrected chi connectivity index (χ4v) is 5.14. The second-order valence-electron chi connectivity index (χ2n) is 8.17. The molecule has 3 fully saturated rings. The van der Waals surface area contributed by atoms with E-state index in [-0.39, 0.29) is 24.0 Å². The van der Waals surface area contributed by atoms with Crippen molar-refractivity contribution in [2.24, 2.45) is 11.8 Å². The number of anilines is 1. The van der Waals surface area contributed by atoms with E-state index >= 15 is 0 Å². The fraction of sp³-hybridized carbons (Fsp3) is 0.500. The first kappa shape index (κ1) is 19.1. The van der Waals surface area contributed by atoms with Gasteiger partial charge in [0.05, 0.1) is 31.1 Å². The highest BCUT2D eigenvalue weighted by Crippen LogP contribution is 2.53. The minimum atomic E-state index is -0.731. The molecule has 2 bridgehead atoms. The Kier molecular flexibility index (Phi) is 4.54. The van der Waals surface area contributed by atoms with Crippen molar-refractivity contribution in [1.29, 1.82) is 0 Å². The lowest BCUT2D eigenvalue weighted by molar-refractivity contribution is -0.141. The number of amides is 3. The highest BCUT2D eigenvalue weighted by Gasteiger charge is 2.67. The summed E-state index contributed by atoms with van der Waals surface area (Å²) in [4.78, 5) is 43.8. The van der Waals surface area contributed by atoms with Gasteiger partial charge >= 0.3 is 6.09 Å². The van der Waals surface area contributed by atoms with E-state index < -0.39 is 17.4 Å². The van der Waals surface area contributed by atoms with Crippen LogP contribution < -0.4 is 4.90 Å². The lowest BCUT2D eigenvalue weighted by Crippen LogP contribution is -2.54. The number of hydrogen-bond acceptors (Lipinski definition) is 5. The highest BCUT2D eigenvalue weighted by atomic mass is 16.6. The summed E-state index contributed by atoms with van der Waals surface area (Å²) < 4.78 is 11.3. The maximum Gasteiger partial charge on any atom is 0.409 e. The molecule has 1 aromatic rings. The van der Waals surface area contributed by atoms with Crippen LogP contribution in [0.25, 0.3) is 0 Å². The molecule has 4 atom stereocenters. The van der Waals surface area contributed by atoms with Gasteiger partial charge in [0.15, 0.2) is 0 Å². The van der Waals surface area contributed by atoms with E-state index in [1.807, 2.05) is 42.5 Å². The Balaban J connectivity index is 1.33. The van der Waals surface area contributed by atoms with Crippen LogP contribution in [0.4, 0.5) is 10.5 Å². The topological polar surface area (TPSA) is 79.4 Å². The Hall–Kier alpha value is -2.87. The predicted molar refractivity (Wildman–Crippen MR) is 108 cm³/mol. The van der Waals surface area contributed by atoms with Gasteiger partial charge in [0.1, 0.15) is 5.60 Å². The number of para-hydroxylation sites is 1. The van der Waals surface area contributed by atoms with Crippen molar-refractivity contribution in [3.8, 4) is 0 Å². The number of benzene rings is 1. The number of nitrogens with zero attached hydrogens (tertiary/aromatic N) is 3. The van der Waals surface area contributed by atoms with E-state index in [0.29, 0.717) is 39.3 Å². The van der Waals surface area contributed by atoms with E-state index in [4.69, 9.17) is 9.47 Å². The summed E-state index contributed by atoms with van der Waals surface area (Å²) in [6.07, 6.45) is 3.17. The number of hydrogen-bond donors (Lipinski definition) is 0. The predicted octanol–water partition coefficient (Wildman–Crippen LogP) is 1.27. The van der Waals surface area contributed by atoms with E-state index in [1.165, 1.54) is 0 Å². The van der Waals surface area contributed by atoms with Crippen molar-refractivity contribution in [3.63, 3.8) is 0 Å². The molecule has 5 rings (SSSR count). The zero-order chi connectivity index (χ0) is 20.9. The van der Waals surface area contributed by atoms with Gasteiger partial charge in [-0.25, -0.2) is 4.79 Å². The first-order chi connectivity index (χ1) is 14.5. The van der Waals surface area contributed by atoms with E-state index in [9.17, 15) is 14.4 Å². The Bertz CT molecular complexity index is 895. The molecule has 0 radical (unpaired) electrons. The van der Waals surface area contributed by atoms with Crippen LogP contribution in [0.1, 0.15) is 6.92 Å². The van der Waals surface area contributed by atoms with E-state index in [0.717, 1.165) is 5.69 Å². The van der Waals surface area contributed by atoms with Gasteiger partial charge in [0.25, 0.3) is 0 Å². The molecule has 8 nitrogen and oxygen atoms in total. The van der Waals surface area contributed by atoms with Gasteiger partial charge in [-0.05, 0) is 19.1 Å². The lowest BCUT2D eigenvalue weighted by Gasteiger charge is -2.36. The molecule has 3 saturated heterocycles. The molecule has 4 aliphatic heterocycles. The van der Waals surface area contributed by atoms with Gasteiger partial charge in [0.2, 0.25) is 11.8 Å². The maximum atomic E-state index is 13.4. The third kappa shape index (κ3) is 2.81. The first-order valence-electron chi connectivity index (χ1n) is 10.5. The van der Waals surface area contributed by atoms with Crippen LogP contribution >= 0.6 is 0 Å². The first-order valence-corrected chi connectivity index (χ1v) is 10.5. The third-order valence-corrected chi connectivity index (χ3v) is 6.57. The average molecular weight is 411 g/mol. The SMILES string of the molecule is CCOC(=O)N1CCN(C(=O)[C@H]2[C@H]3C(=O)N(c4ccccc4)C[C@@]34C=C[C@H]2O4)CC1. The zero-order valence-corrected chi connectivity index (χ0v) is 16.9. The summed E-state index contributed by atoms with van der Waals surface area (Å²) in [5, 5.41) is 0. The van der Waals surface area contributed by atoms with Gasteiger partial charge < -0.3 is 24.2 Å². The van der Waals surface area contributed by atoms with Crippen LogP contribution in [0.3, 0.4) is 0 Å². The number of ether oxygens (including phenoxy) is 2. The highest BCUT2D eigenvalue weighted by molar-refractivity contribution is 6.03. The molecule has 0 aliphatic carbocycles. The Morgan fingerprint density at radius 2 is 1.83 bits per heavy atom. The second-order valence-corrected chi connectivity index (χ2v) is 8.17. The van der Waals surface area contributed by atoms with Crippen LogP contribution in [0.5, 0.6) is 0 Å². The number of carbonyl (C=O) groups is 3. The standard InChI is InChI=1S/C22H25N3O5/c1-2-29-21(28)24-12-10-23(11-13-24)19(26)17-16-8-9-22(30-16)14-25(20(27)18(17)22)15-6-4-3-5-7-15/h3-9,16-18H,2,10-14H2,1H3/t16-,17-,18+,22+/m1/s1. The fourth-order valence-electron chi connectivity index (χ4n) is 5.14. The normalized spacial score (nSPS) is 32.0. The second kappa shape index (κ2) is 7.12. The molecule has 1 spiro atoms. The smallest absolute Gasteiger partial charge is 0.409 e. The van der Waals surface area contributed by atoms with Crippen LogP contribution in [-0.4, -0.2) is 78.7 Å².